The molecule has 4 nitrogen and oxygen atoms in total. The first-order chi connectivity index (χ1) is 9.65. The number of nitrogens with zero attached hydrogens (tertiary/aromatic N) is 2. The molecule has 1 unspecified atom stereocenters. The zero-order chi connectivity index (χ0) is 15.0. The number of ether oxygens (including phenoxy) is 1. The first-order valence-corrected chi connectivity index (χ1v) is 7.62. The van der Waals surface area contributed by atoms with E-state index in [1.807, 2.05) is 0 Å². The van der Waals surface area contributed by atoms with E-state index in [9.17, 15) is 0 Å². The van der Waals surface area contributed by atoms with Crippen molar-refractivity contribution in [1.29, 1.82) is 0 Å². The first kappa shape index (κ1) is 16.9. The number of likely N-dealkylation sites (N-methyl/N-ethyl adjacent to an activating group) is 1. The van der Waals surface area contributed by atoms with Gasteiger partial charge in [-0.2, -0.15) is 0 Å². The zero-order valence-electron chi connectivity index (χ0n) is 13.6. The number of hydrogen-bond donors (Lipinski definition) is 1. The highest BCUT2D eigenvalue weighted by atomic mass is 16.5. The van der Waals surface area contributed by atoms with Gasteiger partial charge in [0.1, 0.15) is 5.82 Å². The number of rotatable bonds is 9. The van der Waals surface area contributed by atoms with Crippen LogP contribution >= 0.6 is 0 Å². The molecule has 0 fully saturated rings. The minimum Gasteiger partial charge on any atom is -0.383 e. The maximum absolute atomic E-state index is 5.28. The van der Waals surface area contributed by atoms with E-state index in [0.29, 0.717) is 12.6 Å². The molecule has 20 heavy (non-hydrogen) atoms. The van der Waals surface area contributed by atoms with E-state index in [0.717, 1.165) is 37.6 Å². The molecule has 0 saturated heterocycles. The molecule has 1 N–H and O–H groups in total. The average molecular weight is 279 g/mol. The summed E-state index contributed by atoms with van der Waals surface area (Å²) in [5.74, 6) is 1.06. The Balaban J connectivity index is 3.00. The second kappa shape index (κ2) is 8.93. The van der Waals surface area contributed by atoms with Gasteiger partial charge in [-0.25, -0.2) is 4.98 Å². The second-order valence-corrected chi connectivity index (χ2v) is 5.05. The third-order valence-corrected chi connectivity index (χ3v) is 3.44. The second-order valence-electron chi connectivity index (χ2n) is 5.05. The van der Waals surface area contributed by atoms with E-state index < -0.39 is 0 Å². The monoisotopic (exact) mass is 279 g/mol. The standard InChI is InChI=1S/C16H29N3O/c1-6-15-9-14(11-17-7-2)10-16(18-15)19(8-3)13(4)12-20-5/h9-10,13,17H,6-8,11-12H2,1-5H3. The van der Waals surface area contributed by atoms with Crippen molar-refractivity contribution in [3.05, 3.63) is 23.4 Å². The number of pyridine rings is 1. The molecule has 114 valence electrons. The molecule has 0 aliphatic heterocycles. The van der Waals surface area contributed by atoms with Crippen molar-refractivity contribution >= 4 is 5.82 Å². The fraction of sp³-hybridized carbons (Fsp3) is 0.688. The largest absolute Gasteiger partial charge is 0.383 e. The Bertz CT molecular complexity index is 395. The van der Waals surface area contributed by atoms with Crippen LogP contribution in [0.1, 0.15) is 39.0 Å². The van der Waals surface area contributed by atoms with Crippen molar-refractivity contribution < 1.29 is 4.74 Å². The molecular weight excluding hydrogens is 250 g/mol. The smallest absolute Gasteiger partial charge is 0.129 e. The van der Waals surface area contributed by atoms with Gasteiger partial charge in [0.05, 0.1) is 12.6 Å². The number of aryl methyl sites for hydroxylation is 1. The first-order valence-electron chi connectivity index (χ1n) is 7.62. The molecule has 0 aliphatic carbocycles. The summed E-state index contributed by atoms with van der Waals surface area (Å²) in [6.45, 7) is 12.2. The molecule has 0 aliphatic rings. The summed E-state index contributed by atoms with van der Waals surface area (Å²) < 4.78 is 5.28. The van der Waals surface area contributed by atoms with Crippen LogP contribution in [0.4, 0.5) is 5.82 Å². The molecule has 4 heteroatoms. The summed E-state index contributed by atoms with van der Waals surface area (Å²) in [5.41, 5.74) is 2.45. The Morgan fingerprint density at radius 1 is 1.30 bits per heavy atom. The van der Waals surface area contributed by atoms with Crippen molar-refractivity contribution in [1.82, 2.24) is 10.3 Å². The molecule has 0 saturated carbocycles. The molecular formula is C16H29N3O. The molecule has 1 heterocycles. The highest BCUT2D eigenvalue weighted by Crippen LogP contribution is 2.18. The minimum atomic E-state index is 0.330. The lowest BCUT2D eigenvalue weighted by molar-refractivity contribution is 0.181. The third kappa shape index (κ3) is 4.76. The number of anilines is 1. The van der Waals surface area contributed by atoms with Crippen molar-refractivity contribution in [2.24, 2.45) is 0 Å². The predicted molar refractivity (Wildman–Crippen MR) is 85.4 cm³/mol. The topological polar surface area (TPSA) is 37.4 Å². The van der Waals surface area contributed by atoms with E-state index >= 15 is 0 Å². The van der Waals surface area contributed by atoms with Crippen LogP contribution in [-0.2, 0) is 17.7 Å². The van der Waals surface area contributed by atoms with Gasteiger partial charge >= 0.3 is 0 Å². The van der Waals surface area contributed by atoms with Crippen LogP contribution in [0.25, 0.3) is 0 Å². The molecule has 1 atom stereocenters. The van der Waals surface area contributed by atoms with Gasteiger partial charge in [-0.1, -0.05) is 13.8 Å². The van der Waals surface area contributed by atoms with Gasteiger partial charge in [0.25, 0.3) is 0 Å². The normalized spacial score (nSPS) is 12.4. The summed E-state index contributed by atoms with van der Waals surface area (Å²) >= 11 is 0. The molecule has 1 aromatic heterocycles. The van der Waals surface area contributed by atoms with Crippen molar-refractivity contribution in [2.75, 3.05) is 31.7 Å². The van der Waals surface area contributed by atoms with E-state index in [4.69, 9.17) is 9.72 Å². The quantitative estimate of drug-likeness (QED) is 0.754. The number of nitrogens with one attached hydrogen (secondary N) is 1. The molecule has 1 aromatic rings. The highest BCUT2D eigenvalue weighted by Gasteiger charge is 2.15. The number of methoxy groups -OCH3 is 1. The minimum absolute atomic E-state index is 0.330. The highest BCUT2D eigenvalue weighted by molar-refractivity contribution is 5.43. The summed E-state index contributed by atoms with van der Waals surface area (Å²) in [7, 11) is 1.75. The summed E-state index contributed by atoms with van der Waals surface area (Å²) in [5, 5.41) is 3.38. The zero-order valence-corrected chi connectivity index (χ0v) is 13.6. The molecule has 0 spiro atoms. The van der Waals surface area contributed by atoms with Crippen molar-refractivity contribution in [3.8, 4) is 0 Å². The summed E-state index contributed by atoms with van der Waals surface area (Å²) in [6, 6.07) is 4.72. The fourth-order valence-electron chi connectivity index (χ4n) is 2.36. The van der Waals surface area contributed by atoms with Gasteiger partial charge in [-0.3, -0.25) is 0 Å². The lowest BCUT2D eigenvalue weighted by Crippen LogP contribution is -2.37. The van der Waals surface area contributed by atoms with Crippen LogP contribution in [0, 0.1) is 0 Å². The average Bonchev–Trinajstić information content (AvgIpc) is 2.46. The fourth-order valence-corrected chi connectivity index (χ4v) is 2.36. The van der Waals surface area contributed by atoms with Crippen LogP contribution < -0.4 is 10.2 Å². The Hall–Kier alpha value is -1.13. The Morgan fingerprint density at radius 2 is 2.05 bits per heavy atom. The van der Waals surface area contributed by atoms with Gasteiger partial charge < -0.3 is 15.0 Å². The lowest BCUT2D eigenvalue weighted by Gasteiger charge is -2.29. The Labute approximate surface area is 123 Å². The van der Waals surface area contributed by atoms with E-state index in [2.05, 4.69) is 50.0 Å². The van der Waals surface area contributed by atoms with Crippen molar-refractivity contribution in [3.63, 3.8) is 0 Å². The maximum Gasteiger partial charge on any atom is 0.129 e. The van der Waals surface area contributed by atoms with Gasteiger partial charge in [0, 0.05) is 25.9 Å². The van der Waals surface area contributed by atoms with Crippen LogP contribution in [0.5, 0.6) is 0 Å². The molecule has 0 aromatic carbocycles. The maximum atomic E-state index is 5.28. The Kier molecular flexibility index (Phi) is 7.55. The molecule has 0 radical (unpaired) electrons. The van der Waals surface area contributed by atoms with Gasteiger partial charge in [0.2, 0.25) is 0 Å². The lowest BCUT2D eigenvalue weighted by atomic mass is 10.1. The molecule has 1 rings (SSSR count). The van der Waals surface area contributed by atoms with Crippen LogP contribution in [0.15, 0.2) is 12.1 Å². The third-order valence-electron chi connectivity index (χ3n) is 3.44. The van der Waals surface area contributed by atoms with E-state index in [-0.39, 0.29) is 0 Å². The van der Waals surface area contributed by atoms with Gasteiger partial charge in [-0.15, -0.1) is 0 Å². The van der Waals surface area contributed by atoms with Crippen LogP contribution in [-0.4, -0.2) is 37.8 Å². The van der Waals surface area contributed by atoms with Gasteiger partial charge in [-0.05, 0) is 44.5 Å². The SMILES string of the molecule is CCNCc1cc(CC)nc(N(CC)C(C)COC)c1. The van der Waals surface area contributed by atoms with E-state index in [1.165, 1.54) is 5.56 Å². The molecule has 0 amide bonds. The van der Waals surface area contributed by atoms with Crippen LogP contribution in [0.3, 0.4) is 0 Å². The van der Waals surface area contributed by atoms with Gasteiger partial charge in [0.15, 0.2) is 0 Å². The number of hydrogen-bond acceptors (Lipinski definition) is 4. The van der Waals surface area contributed by atoms with Crippen LogP contribution in [0.2, 0.25) is 0 Å². The molecule has 0 bridgehead atoms. The number of aromatic nitrogens is 1. The predicted octanol–water partition coefficient (Wildman–Crippen LogP) is 2.61. The van der Waals surface area contributed by atoms with Crippen molar-refractivity contribution in [2.45, 2.75) is 46.7 Å². The Morgan fingerprint density at radius 3 is 2.60 bits per heavy atom. The summed E-state index contributed by atoms with van der Waals surface area (Å²) in [4.78, 5) is 7.08. The van der Waals surface area contributed by atoms with E-state index in [1.54, 1.807) is 7.11 Å². The summed E-state index contributed by atoms with van der Waals surface area (Å²) in [6.07, 6.45) is 0.961.